The summed E-state index contributed by atoms with van der Waals surface area (Å²) in [7, 11) is 1.56. The molecule has 1 heterocycles. The van der Waals surface area contributed by atoms with Gasteiger partial charge < -0.3 is 24.4 Å². The lowest BCUT2D eigenvalue weighted by atomic mass is 10.1. The number of methoxy groups -OCH3 is 1. The average molecular weight is 363 g/mol. The van der Waals surface area contributed by atoms with Crippen molar-refractivity contribution >= 4 is 12.1 Å². The minimum Gasteiger partial charge on any atom is -0.497 e. The third kappa shape index (κ3) is 5.47. The number of aromatic nitrogens is 2. The van der Waals surface area contributed by atoms with E-state index in [0.717, 1.165) is 5.56 Å². The summed E-state index contributed by atoms with van der Waals surface area (Å²) in [6.45, 7) is 5.21. The summed E-state index contributed by atoms with van der Waals surface area (Å²) in [5, 5.41) is 15.2. The highest BCUT2D eigenvalue weighted by Crippen LogP contribution is 2.20. The van der Waals surface area contributed by atoms with Gasteiger partial charge in [-0.2, -0.15) is 4.98 Å². The molecule has 0 aliphatic heterocycles. The zero-order valence-electron chi connectivity index (χ0n) is 15.0. The van der Waals surface area contributed by atoms with Crippen LogP contribution >= 0.6 is 0 Å². The SMILES string of the molecule is COc1ccc(CC(NC(=O)OC(C)(C)C)c2noc(C(=O)O)n2)cc1. The third-order valence-electron chi connectivity index (χ3n) is 3.23. The van der Waals surface area contributed by atoms with Gasteiger partial charge >= 0.3 is 18.0 Å². The highest BCUT2D eigenvalue weighted by atomic mass is 16.6. The number of carbonyl (C=O) groups is 2. The van der Waals surface area contributed by atoms with Crippen LogP contribution in [0.2, 0.25) is 0 Å². The number of rotatable bonds is 6. The summed E-state index contributed by atoms with van der Waals surface area (Å²) in [4.78, 5) is 26.9. The zero-order valence-corrected chi connectivity index (χ0v) is 15.0. The van der Waals surface area contributed by atoms with Gasteiger partial charge in [0.2, 0.25) is 0 Å². The second kappa shape index (κ2) is 7.85. The quantitative estimate of drug-likeness (QED) is 0.802. The number of hydrogen-bond acceptors (Lipinski definition) is 7. The molecule has 0 bridgehead atoms. The summed E-state index contributed by atoms with van der Waals surface area (Å²) in [6, 6.07) is 6.47. The molecule has 9 heteroatoms. The second-order valence-electron chi connectivity index (χ2n) is 6.51. The van der Waals surface area contributed by atoms with E-state index in [0.29, 0.717) is 12.2 Å². The maximum Gasteiger partial charge on any atom is 0.408 e. The van der Waals surface area contributed by atoms with Crippen molar-refractivity contribution in [3.63, 3.8) is 0 Å². The first-order valence-electron chi connectivity index (χ1n) is 7.87. The lowest BCUT2D eigenvalue weighted by molar-refractivity contribution is 0.0499. The van der Waals surface area contributed by atoms with E-state index in [-0.39, 0.29) is 5.82 Å². The Kier molecular flexibility index (Phi) is 5.81. The Morgan fingerprint density at radius 2 is 1.92 bits per heavy atom. The van der Waals surface area contributed by atoms with Gasteiger partial charge in [0.25, 0.3) is 0 Å². The molecule has 0 aliphatic rings. The Bertz CT molecular complexity index is 764. The molecular weight excluding hydrogens is 342 g/mol. The van der Waals surface area contributed by atoms with E-state index in [4.69, 9.17) is 19.1 Å². The predicted octanol–water partition coefficient (Wildman–Crippen LogP) is 2.58. The number of ether oxygens (including phenoxy) is 2. The molecule has 1 aromatic carbocycles. The Balaban J connectivity index is 2.21. The first-order valence-corrected chi connectivity index (χ1v) is 7.87. The lowest BCUT2D eigenvalue weighted by Crippen LogP contribution is -2.36. The number of nitrogens with zero attached hydrogens (tertiary/aromatic N) is 2. The van der Waals surface area contributed by atoms with Crippen LogP contribution in [0, 0.1) is 0 Å². The van der Waals surface area contributed by atoms with Crippen LogP contribution in [0.25, 0.3) is 0 Å². The van der Waals surface area contributed by atoms with Crippen LogP contribution in [-0.4, -0.2) is 40.0 Å². The molecule has 0 aliphatic carbocycles. The molecule has 0 radical (unpaired) electrons. The van der Waals surface area contributed by atoms with Crippen LogP contribution in [0.3, 0.4) is 0 Å². The zero-order chi connectivity index (χ0) is 19.3. The summed E-state index contributed by atoms with van der Waals surface area (Å²) in [6.07, 6.45) is -0.361. The van der Waals surface area contributed by atoms with Gasteiger partial charge in [0.1, 0.15) is 11.4 Å². The fraction of sp³-hybridized carbons (Fsp3) is 0.412. The van der Waals surface area contributed by atoms with Crippen LogP contribution in [0.1, 0.15) is 48.9 Å². The molecule has 2 rings (SSSR count). The minimum absolute atomic E-state index is 0.0454. The Hall–Kier alpha value is -3.10. The summed E-state index contributed by atoms with van der Waals surface area (Å²) in [5.74, 6) is -1.16. The number of benzene rings is 1. The largest absolute Gasteiger partial charge is 0.497 e. The summed E-state index contributed by atoms with van der Waals surface area (Å²) < 4.78 is 15.0. The van der Waals surface area contributed by atoms with Crippen molar-refractivity contribution in [3.8, 4) is 5.75 Å². The van der Waals surface area contributed by atoms with E-state index in [1.165, 1.54) is 0 Å². The van der Waals surface area contributed by atoms with Crippen LogP contribution in [-0.2, 0) is 11.2 Å². The second-order valence-corrected chi connectivity index (χ2v) is 6.51. The molecule has 0 fully saturated rings. The molecule has 1 amide bonds. The maximum atomic E-state index is 12.1. The Morgan fingerprint density at radius 3 is 2.42 bits per heavy atom. The van der Waals surface area contributed by atoms with Gasteiger partial charge in [-0.3, -0.25) is 0 Å². The number of carbonyl (C=O) groups excluding carboxylic acids is 1. The van der Waals surface area contributed by atoms with Gasteiger partial charge in [0.05, 0.1) is 13.2 Å². The summed E-state index contributed by atoms with van der Waals surface area (Å²) >= 11 is 0. The fourth-order valence-electron chi connectivity index (χ4n) is 2.12. The molecule has 1 unspecified atom stereocenters. The van der Waals surface area contributed by atoms with Gasteiger partial charge in [-0.05, 0) is 38.5 Å². The van der Waals surface area contributed by atoms with Crippen molar-refractivity contribution in [1.82, 2.24) is 15.5 Å². The van der Waals surface area contributed by atoms with Crippen molar-refractivity contribution in [2.45, 2.75) is 38.8 Å². The van der Waals surface area contributed by atoms with Gasteiger partial charge in [0, 0.05) is 6.42 Å². The van der Waals surface area contributed by atoms with Crippen molar-refractivity contribution in [3.05, 3.63) is 41.5 Å². The number of aromatic carboxylic acids is 1. The van der Waals surface area contributed by atoms with Crippen LogP contribution in [0.4, 0.5) is 4.79 Å². The van der Waals surface area contributed by atoms with E-state index in [9.17, 15) is 9.59 Å². The molecule has 140 valence electrons. The van der Waals surface area contributed by atoms with E-state index >= 15 is 0 Å². The number of alkyl carbamates (subject to hydrolysis) is 1. The van der Waals surface area contributed by atoms with Crippen molar-refractivity contribution in [2.24, 2.45) is 0 Å². The first-order chi connectivity index (χ1) is 12.2. The van der Waals surface area contributed by atoms with Gasteiger partial charge in [-0.15, -0.1) is 0 Å². The van der Waals surface area contributed by atoms with Crippen LogP contribution < -0.4 is 10.1 Å². The molecule has 1 atom stereocenters. The van der Waals surface area contributed by atoms with E-state index in [1.807, 2.05) is 12.1 Å². The molecule has 0 saturated carbocycles. The van der Waals surface area contributed by atoms with E-state index in [1.54, 1.807) is 40.0 Å². The van der Waals surface area contributed by atoms with Gasteiger partial charge in [0.15, 0.2) is 5.82 Å². The van der Waals surface area contributed by atoms with Crippen LogP contribution in [0.15, 0.2) is 28.8 Å². The number of nitrogens with one attached hydrogen (secondary N) is 1. The molecule has 0 saturated heterocycles. The van der Waals surface area contributed by atoms with Crippen molar-refractivity contribution in [1.29, 1.82) is 0 Å². The number of carboxylic acid groups (broad SMARTS) is 1. The summed E-state index contributed by atoms with van der Waals surface area (Å²) in [5.41, 5.74) is 0.173. The smallest absolute Gasteiger partial charge is 0.408 e. The number of amides is 1. The van der Waals surface area contributed by atoms with Gasteiger partial charge in [-0.25, -0.2) is 9.59 Å². The highest BCUT2D eigenvalue weighted by molar-refractivity contribution is 5.81. The van der Waals surface area contributed by atoms with E-state index in [2.05, 4.69) is 15.5 Å². The predicted molar refractivity (Wildman–Crippen MR) is 90.1 cm³/mol. The fourth-order valence-corrected chi connectivity index (χ4v) is 2.12. The molecule has 26 heavy (non-hydrogen) atoms. The van der Waals surface area contributed by atoms with Gasteiger partial charge in [-0.1, -0.05) is 17.3 Å². The standard InChI is InChI=1S/C17H21N3O6/c1-17(2,3)25-16(23)18-12(13-19-14(15(21)22)26-20-13)9-10-5-7-11(24-4)8-6-10/h5-8,12H,9H2,1-4H3,(H,18,23)(H,21,22). The average Bonchev–Trinajstić information content (AvgIpc) is 3.03. The van der Waals surface area contributed by atoms with Crippen molar-refractivity contribution in [2.75, 3.05) is 7.11 Å². The first kappa shape index (κ1) is 19.2. The van der Waals surface area contributed by atoms with E-state index < -0.39 is 29.6 Å². The number of hydrogen-bond donors (Lipinski definition) is 2. The molecule has 0 spiro atoms. The lowest BCUT2D eigenvalue weighted by Gasteiger charge is -2.22. The number of carboxylic acids is 1. The molecule has 1 aromatic heterocycles. The highest BCUT2D eigenvalue weighted by Gasteiger charge is 2.26. The third-order valence-corrected chi connectivity index (χ3v) is 3.23. The molecule has 2 aromatic rings. The van der Waals surface area contributed by atoms with Crippen LogP contribution in [0.5, 0.6) is 5.75 Å². The Morgan fingerprint density at radius 1 is 1.27 bits per heavy atom. The molecular formula is C17H21N3O6. The maximum absolute atomic E-state index is 12.1. The topological polar surface area (TPSA) is 124 Å². The van der Waals surface area contributed by atoms with Crippen molar-refractivity contribution < 1.29 is 28.7 Å². The Labute approximate surface area is 150 Å². The minimum atomic E-state index is -1.34. The monoisotopic (exact) mass is 363 g/mol. The molecule has 2 N–H and O–H groups in total. The normalized spacial score (nSPS) is 12.3. The molecule has 9 nitrogen and oxygen atoms in total.